The molecule has 0 atom stereocenters. The summed E-state index contributed by atoms with van der Waals surface area (Å²) in [6.07, 6.45) is 0. The van der Waals surface area contributed by atoms with Crippen LogP contribution in [0.5, 0.6) is 5.75 Å². The van der Waals surface area contributed by atoms with Crippen LogP contribution in [0.15, 0.2) is 53.4 Å². The summed E-state index contributed by atoms with van der Waals surface area (Å²) in [5.74, 6) is 0.251. The highest BCUT2D eigenvalue weighted by atomic mass is 35.5. The molecule has 24 heavy (non-hydrogen) atoms. The molecule has 0 saturated heterocycles. The Hall–Kier alpha value is -2.18. The molecule has 2 rings (SSSR count). The standard InChI is InChI=1S/C17H16ClNO4S/c1-22-17(21)10-23-14-6-4-13(5-7-14)19-16(20)11-24-15-8-2-12(18)3-9-15/h2-9H,10-11H2,1H3,(H,19,20). The lowest BCUT2D eigenvalue weighted by Crippen LogP contribution is -2.14. The van der Waals surface area contributed by atoms with Gasteiger partial charge in [-0.1, -0.05) is 11.6 Å². The van der Waals surface area contributed by atoms with E-state index in [1.807, 2.05) is 12.1 Å². The van der Waals surface area contributed by atoms with E-state index in [0.29, 0.717) is 22.2 Å². The Labute approximate surface area is 149 Å². The normalized spacial score (nSPS) is 10.1. The largest absolute Gasteiger partial charge is 0.482 e. The van der Waals surface area contributed by atoms with E-state index in [-0.39, 0.29) is 12.5 Å². The van der Waals surface area contributed by atoms with Gasteiger partial charge < -0.3 is 14.8 Å². The fraction of sp³-hybridized carbons (Fsp3) is 0.176. The van der Waals surface area contributed by atoms with Gasteiger partial charge in [-0.05, 0) is 48.5 Å². The Morgan fingerprint density at radius 1 is 1.08 bits per heavy atom. The third kappa shape index (κ3) is 6.14. The van der Waals surface area contributed by atoms with E-state index in [4.69, 9.17) is 16.3 Å². The maximum atomic E-state index is 11.9. The summed E-state index contributed by atoms with van der Waals surface area (Å²) < 4.78 is 9.72. The number of methoxy groups -OCH3 is 1. The lowest BCUT2D eigenvalue weighted by Gasteiger charge is -2.08. The second-order valence-corrected chi connectivity index (χ2v) is 6.17. The van der Waals surface area contributed by atoms with Crippen LogP contribution < -0.4 is 10.1 Å². The highest BCUT2D eigenvalue weighted by molar-refractivity contribution is 8.00. The minimum atomic E-state index is -0.452. The molecule has 2 aromatic carbocycles. The Bertz CT molecular complexity index is 689. The molecule has 0 aliphatic rings. The number of carbonyl (C=O) groups excluding carboxylic acids is 2. The van der Waals surface area contributed by atoms with Gasteiger partial charge in [0.1, 0.15) is 5.75 Å². The molecule has 0 bridgehead atoms. The molecule has 5 nitrogen and oxygen atoms in total. The average molecular weight is 366 g/mol. The van der Waals surface area contributed by atoms with E-state index in [9.17, 15) is 9.59 Å². The van der Waals surface area contributed by atoms with Crippen molar-refractivity contribution in [3.8, 4) is 5.75 Å². The molecular formula is C17H16ClNO4S. The third-order valence-electron chi connectivity index (χ3n) is 2.91. The monoisotopic (exact) mass is 365 g/mol. The van der Waals surface area contributed by atoms with Crippen LogP contribution in [0.1, 0.15) is 0 Å². The Morgan fingerprint density at radius 3 is 2.38 bits per heavy atom. The van der Waals surface area contributed by atoms with Gasteiger partial charge in [-0.3, -0.25) is 4.79 Å². The van der Waals surface area contributed by atoms with Gasteiger partial charge in [0.05, 0.1) is 12.9 Å². The maximum Gasteiger partial charge on any atom is 0.343 e. The van der Waals surface area contributed by atoms with Crippen LogP contribution in [0.25, 0.3) is 0 Å². The molecule has 7 heteroatoms. The summed E-state index contributed by atoms with van der Waals surface area (Å²) in [6, 6.07) is 14.1. The number of rotatable bonds is 7. The number of benzene rings is 2. The Balaban J connectivity index is 1.79. The number of ether oxygens (including phenoxy) is 2. The summed E-state index contributed by atoms with van der Waals surface area (Å²) in [6.45, 7) is -0.153. The van der Waals surface area contributed by atoms with Gasteiger partial charge in [0.25, 0.3) is 0 Å². The smallest absolute Gasteiger partial charge is 0.343 e. The van der Waals surface area contributed by atoms with Crippen LogP contribution in [0.4, 0.5) is 5.69 Å². The molecule has 2 aromatic rings. The van der Waals surface area contributed by atoms with Crippen molar-refractivity contribution in [2.75, 3.05) is 24.8 Å². The number of hydrogen-bond acceptors (Lipinski definition) is 5. The van der Waals surface area contributed by atoms with Crippen LogP contribution in [-0.4, -0.2) is 31.3 Å². The van der Waals surface area contributed by atoms with E-state index in [0.717, 1.165) is 4.90 Å². The lowest BCUT2D eigenvalue weighted by molar-refractivity contribution is -0.142. The molecule has 0 heterocycles. The van der Waals surface area contributed by atoms with E-state index in [1.165, 1.54) is 18.9 Å². The fourth-order valence-corrected chi connectivity index (χ4v) is 2.54. The first-order chi connectivity index (χ1) is 11.6. The predicted molar refractivity (Wildman–Crippen MR) is 94.8 cm³/mol. The number of nitrogens with one attached hydrogen (secondary N) is 1. The number of anilines is 1. The molecule has 0 fully saturated rings. The first kappa shape index (κ1) is 18.2. The van der Waals surface area contributed by atoms with Gasteiger partial charge in [0, 0.05) is 15.6 Å². The van der Waals surface area contributed by atoms with Gasteiger partial charge >= 0.3 is 5.97 Å². The number of thioether (sulfide) groups is 1. The highest BCUT2D eigenvalue weighted by Crippen LogP contribution is 2.21. The third-order valence-corrected chi connectivity index (χ3v) is 4.17. The summed E-state index contributed by atoms with van der Waals surface area (Å²) in [7, 11) is 1.30. The van der Waals surface area contributed by atoms with Crippen molar-refractivity contribution in [2.24, 2.45) is 0 Å². The molecule has 0 spiro atoms. The predicted octanol–water partition coefficient (Wildman–Crippen LogP) is 3.62. The van der Waals surface area contributed by atoms with Gasteiger partial charge in [-0.2, -0.15) is 0 Å². The van der Waals surface area contributed by atoms with Crippen LogP contribution in [0.3, 0.4) is 0 Å². The second-order valence-electron chi connectivity index (χ2n) is 4.68. The zero-order valence-corrected chi connectivity index (χ0v) is 14.5. The van der Waals surface area contributed by atoms with Crippen molar-refractivity contribution < 1.29 is 19.1 Å². The highest BCUT2D eigenvalue weighted by Gasteiger charge is 2.05. The van der Waals surface area contributed by atoms with Crippen molar-refractivity contribution in [1.29, 1.82) is 0 Å². The van der Waals surface area contributed by atoms with E-state index in [2.05, 4.69) is 10.1 Å². The van der Waals surface area contributed by atoms with E-state index in [1.54, 1.807) is 36.4 Å². The second kappa shape index (κ2) is 9.20. The SMILES string of the molecule is COC(=O)COc1ccc(NC(=O)CSc2ccc(Cl)cc2)cc1. The summed E-state index contributed by atoms with van der Waals surface area (Å²) >= 11 is 7.24. The van der Waals surface area contributed by atoms with Crippen LogP contribution in [0.2, 0.25) is 5.02 Å². The Kier molecular flexibility index (Phi) is 6.96. The van der Waals surface area contributed by atoms with Gasteiger partial charge in [0.15, 0.2) is 6.61 Å². The molecule has 0 saturated carbocycles. The average Bonchev–Trinajstić information content (AvgIpc) is 2.60. The van der Waals surface area contributed by atoms with Gasteiger partial charge in [-0.25, -0.2) is 4.79 Å². The minimum absolute atomic E-state index is 0.113. The molecule has 0 radical (unpaired) electrons. The number of hydrogen-bond donors (Lipinski definition) is 1. The molecule has 0 unspecified atom stereocenters. The zero-order chi connectivity index (χ0) is 17.4. The van der Waals surface area contributed by atoms with Gasteiger partial charge in [-0.15, -0.1) is 11.8 Å². The summed E-state index contributed by atoms with van der Waals surface area (Å²) in [5.41, 5.74) is 0.655. The molecule has 1 amide bonds. The van der Waals surface area contributed by atoms with E-state index >= 15 is 0 Å². The maximum absolute atomic E-state index is 11.9. The summed E-state index contributed by atoms with van der Waals surface area (Å²) in [4.78, 5) is 23.9. The zero-order valence-electron chi connectivity index (χ0n) is 13.0. The number of amides is 1. The van der Waals surface area contributed by atoms with Crippen molar-refractivity contribution in [3.63, 3.8) is 0 Å². The molecule has 126 valence electrons. The molecule has 0 aliphatic carbocycles. The quantitative estimate of drug-likeness (QED) is 0.599. The number of carbonyl (C=O) groups is 2. The Morgan fingerprint density at radius 2 is 1.75 bits per heavy atom. The molecular weight excluding hydrogens is 350 g/mol. The summed E-state index contributed by atoms with van der Waals surface area (Å²) in [5, 5.41) is 3.46. The van der Waals surface area contributed by atoms with Crippen molar-refractivity contribution >= 4 is 40.9 Å². The first-order valence-electron chi connectivity index (χ1n) is 7.05. The lowest BCUT2D eigenvalue weighted by atomic mass is 10.3. The number of esters is 1. The van der Waals surface area contributed by atoms with E-state index < -0.39 is 5.97 Å². The van der Waals surface area contributed by atoms with Crippen LogP contribution >= 0.6 is 23.4 Å². The van der Waals surface area contributed by atoms with Crippen molar-refractivity contribution in [1.82, 2.24) is 0 Å². The van der Waals surface area contributed by atoms with Crippen LogP contribution in [-0.2, 0) is 14.3 Å². The molecule has 0 aromatic heterocycles. The van der Waals surface area contributed by atoms with Crippen LogP contribution in [0, 0.1) is 0 Å². The first-order valence-corrected chi connectivity index (χ1v) is 8.41. The van der Waals surface area contributed by atoms with Crippen molar-refractivity contribution in [2.45, 2.75) is 4.90 Å². The molecule has 1 N–H and O–H groups in total. The fourth-order valence-electron chi connectivity index (χ4n) is 1.71. The van der Waals surface area contributed by atoms with Crippen molar-refractivity contribution in [3.05, 3.63) is 53.6 Å². The van der Waals surface area contributed by atoms with Gasteiger partial charge in [0.2, 0.25) is 5.91 Å². The number of halogens is 1. The molecule has 0 aliphatic heterocycles. The minimum Gasteiger partial charge on any atom is -0.482 e. The topological polar surface area (TPSA) is 64.6 Å².